The van der Waals surface area contributed by atoms with E-state index in [2.05, 4.69) is 10.6 Å². The average molecular weight is 339 g/mol. The predicted molar refractivity (Wildman–Crippen MR) is 87.5 cm³/mol. The fourth-order valence-corrected chi connectivity index (χ4v) is 2.65. The second-order valence-corrected chi connectivity index (χ2v) is 6.41. The highest BCUT2D eigenvalue weighted by molar-refractivity contribution is 5.89. The monoisotopic (exact) mass is 339 g/mol. The van der Waals surface area contributed by atoms with Crippen LogP contribution in [0.15, 0.2) is 18.2 Å². The van der Waals surface area contributed by atoms with E-state index in [0.29, 0.717) is 19.6 Å². The molecule has 1 aromatic rings. The van der Waals surface area contributed by atoms with Crippen LogP contribution in [0.4, 0.5) is 19.3 Å². The number of anilines is 1. The zero-order chi connectivity index (χ0) is 17.7. The number of benzene rings is 1. The summed E-state index contributed by atoms with van der Waals surface area (Å²) in [6.45, 7) is 5.18. The number of urea groups is 1. The Morgan fingerprint density at radius 3 is 2.79 bits per heavy atom. The third-order valence-corrected chi connectivity index (χ3v) is 4.07. The summed E-state index contributed by atoms with van der Waals surface area (Å²) in [6, 6.07) is 2.47. The summed E-state index contributed by atoms with van der Waals surface area (Å²) >= 11 is 0. The highest BCUT2D eigenvalue weighted by Crippen LogP contribution is 2.19. The Bertz CT molecular complexity index is 607. The van der Waals surface area contributed by atoms with Gasteiger partial charge in [0, 0.05) is 31.6 Å². The normalized spacial score (nSPS) is 17.7. The summed E-state index contributed by atoms with van der Waals surface area (Å²) in [4.78, 5) is 25.5. The molecule has 1 aliphatic rings. The Morgan fingerprint density at radius 1 is 1.33 bits per heavy atom. The number of hydrogen-bond acceptors (Lipinski definition) is 2. The third-order valence-electron chi connectivity index (χ3n) is 4.07. The lowest BCUT2D eigenvalue weighted by Gasteiger charge is -2.33. The van der Waals surface area contributed by atoms with E-state index in [9.17, 15) is 18.4 Å². The topological polar surface area (TPSA) is 61.4 Å². The van der Waals surface area contributed by atoms with Crippen molar-refractivity contribution in [2.24, 2.45) is 11.8 Å². The summed E-state index contributed by atoms with van der Waals surface area (Å²) in [7, 11) is 0. The summed E-state index contributed by atoms with van der Waals surface area (Å²) in [6.07, 6.45) is 1.72. The van der Waals surface area contributed by atoms with Gasteiger partial charge in [-0.1, -0.05) is 13.8 Å². The zero-order valence-electron chi connectivity index (χ0n) is 13.9. The van der Waals surface area contributed by atoms with Gasteiger partial charge in [-0.2, -0.15) is 0 Å². The number of carbonyl (C=O) groups is 2. The van der Waals surface area contributed by atoms with Crippen LogP contribution in [0.25, 0.3) is 0 Å². The second-order valence-electron chi connectivity index (χ2n) is 6.41. The van der Waals surface area contributed by atoms with Gasteiger partial charge in [0.1, 0.15) is 11.6 Å². The van der Waals surface area contributed by atoms with Crippen molar-refractivity contribution >= 4 is 17.6 Å². The highest BCUT2D eigenvalue weighted by atomic mass is 19.1. The van der Waals surface area contributed by atoms with Gasteiger partial charge in [0.15, 0.2) is 0 Å². The molecule has 0 aromatic heterocycles. The lowest BCUT2D eigenvalue weighted by molar-refractivity contribution is -0.124. The molecule has 3 amide bonds. The molecule has 1 aliphatic heterocycles. The van der Waals surface area contributed by atoms with E-state index in [1.165, 1.54) is 0 Å². The Kier molecular flexibility index (Phi) is 6.11. The van der Waals surface area contributed by atoms with Crippen LogP contribution in [0.3, 0.4) is 0 Å². The summed E-state index contributed by atoms with van der Waals surface area (Å²) in [5.74, 6) is -1.23. The van der Waals surface area contributed by atoms with Crippen LogP contribution in [0.5, 0.6) is 0 Å². The standard InChI is InChI=1S/C17H23F2N3O2/c1-11(2)16(23)20-9-12-4-3-7-22(10-12)17(24)21-15-8-13(18)5-6-14(15)19/h5-6,8,11-12H,3-4,7,9-10H2,1-2H3,(H,20,23)(H,21,24). The maximum atomic E-state index is 13.6. The van der Waals surface area contributed by atoms with Crippen LogP contribution in [-0.2, 0) is 4.79 Å². The molecule has 2 N–H and O–H groups in total. The van der Waals surface area contributed by atoms with Gasteiger partial charge in [0.25, 0.3) is 0 Å². The Balaban J connectivity index is 1.90. The van der Waals surface area contributed by atoms with Crippen LogP contribution >= 0.6 is 0 Å². The lowest BCUT2D eigenvalue weighted by atomic mass is 9.98. The zero-order valence-corrected chi connectivity index (χ0v) is 13.9. The van der Waals surface area contributed by atoms with E-state index in [1.807, 2.05) is 13.8 Å². The number of carbonyl (C=O) groups excluding carboxylic acids is 2. The van der Waals surface area contributed by atoms with Gasteiger partial charge in [-0.15, -0.1) is 0 Å². The van der Waals surface area contributed by atoms with Crippen molar-refractivity contribution in [1.29, 1.82) is 0 Å². The molecule has 0 bridgehead atoms. The quantitative estimate of drug-likeness (QED) is 0.886. The summed E-state index contributed by atoms with van der Waals surface area (Å²) < 4.78 is 26.8. The van der Waals surface area contributed by atoms with Crippen molar-refractivity contribution in [3.8, 4) is 0 Å². The first-order valence-electron chi connectivity index (χ1n) is 8.15. The summed E-state index contributed by atoms with van der Waals surface area (Å²) in [5.41, 5.74) is -0.171. The third kappa shape index (κ3) is 4.91. The van der Waals surface area contributed by atoms with E-state index in [4.69, 9.17) is 0 Å². The van der Waals surface area contributed by atoms with Crippen molar-refractivity contribution in [2.75, 3.05) is 25.0 Å². The number of amides is 3. The number of nitrogens with one attached hydrogen (secondary N) is 2. The van der Waals surface area contributed by atoms with Crippen molar-refractivity contribution in [1.82, 2.24) is 10.2 Å². The molecule has 0 saturated carbocycles. The maximum absolute atomic E-state index is 13.6. The van der Waals surface area contributed by atoms with E-state index in [1.54, 1.807) is 4.90 Å². The van der Waals surface area contributed by atoms with Gasteiger partial charge >= 0.3 is 6.03 Å². The molecule has 0 spiro atoms. The van der Waals surface area contributed by atoms with E-state index < -0.39 is 17.7 Å². The first-order chi connectivity index (χ1) is 11.4. The SMILES string of the molecule is CC(C)C(=O)NCC1CCCN(C(=O)Nc2cc(F)ccc2F)C1. The molecular weight excluding hydrogens is 316 g/mol. The van der Waals surface area contributed by atoms with Gasteiger partial charge in [-0.25, -0.2) is 13.6 Å². The number of likely N-dealkylation sites (tertiary alicyclic amines) is 1. The predicted octanol–water partition coefficient (Wildman–Crippen LogP) is 2.98. The van der Waals surface area contributed by atoms with Crippen LogP contribution in [0.2, 0.25) is 0 Å². The molecule has 24 heavy (non-hydrogen) atoms. The number of halogens is 2. The van der Waals surface area contributed by atoms with Crippen LogP contribution in [0, 0.1) is 23.5 Å². The van der Waals surface area contributed by atoms with Gasteiger partial charge in [-0.3, -0.25) is 4.79 Å². The largest absolute Gasteiger partial charge is 0.356 e. The molecule has 1 aromatic carbocycles. The molecule has 7 heteroatoms. The van der Waals surface area contributed by atoms with Crippen LogP contribution < -0.4 is 10.6 Å². The smallest absolute Gasteiger partial charge is 0.321 e. The minimum Gasteiger partial charge on any atom is -0.356 e. The fraction of sp³-hybridized carbons (Fsp3) is 0.529. The molecule has 5 nitrogen and oxygen atoms in total. The molecule has 1 saturated heterocycles. The molecule has 0 radical (unpaired) electrons. The van der Waals surface area contributed by atoms with Crippen LogP contribution in [-0.4, -0.2) is 36.5 Å². The van der Waals surface area contributed by atoms with Gasteiger partial charge in [-0.05, 0) is 30.9 Å². The summed E-state index contributed by atoms with van der Waals surface area (Å²) in [5, 5.41) is 5.28. The van der Waals surface area contributed by atoms with Crippen molar-refractivity contribution in [3.63, 3.8) is 0 Å². The molecule has 1 heterocycles. The van der Waals surface area contributed by atoms with Gasteiger partial charge < -0.3 is 15.5 Å². The molecule has 1 fully saturated rings. The van der Waals surface area contributed by atoms with E-state index in [0.717, 1.165) is 31.0 Å². The highest BCUT2D eigenvalue weighted by Gasteiger charge is 2.24. The Morgan fingerprint density at radius 2 is 2.08 bits per heavy atom. The van der Waals surface area contributed by atoms with Gasteiger partial charge in [0.05, 0.1) is 5.69 Å². The minimum absolute atomic E-state index is 0.0154. The molecule has 132 valence electrons. The molecule has 0 aliphatic carbocycles. The maximum Gasteiger partial charge on any atom is 0.321 e. The van der Waals surface area contributed by atoms with E-state index >= 15 is 0 Å². The number of nitrogens with zero attached hydrogens (tertiary/aromatic N) is 1. The first kappa shape index (κ1) is 18.2. The second kappa shape index (κ2) is 8.08. The molecule has 1 unspecified atom stereocenters. The Hall–Kier alpha value is -2.18. The average Bonchev–Trinajstić information content (AvgIpc) is 2.56. The van der Waals surface area contributed by atoms with E-state index in [-0.39, 0.29) is 23.4 Å². The number of hydrogen-bond donors (Lipinski definition) is 2. The minimum atomic E-state index is -0.678. The fourth-order valence-electron chi connectivity index (χ4n) is 2.65. The van der Waals surface area contributed by atoms with Crippen molar-refractivity contribution in [3.05, 3.63) is 29.8 Å². The first-order valence-corrected chi connectivity index (χ1v) is 8.15. The molecule has 1 atom stereocenters. The number of piperidine rings is 1. The van der Waals surface area contributed by atoms with Gasteiger partial charge in [0.2, 0.25) is 5.91 Å². The number of rotatable bonds is 4. The van der Waals surface area contributed by atoms with Crippen molar-refractivity contribution in [2.45, 2.75) is 26.7 Å². The Labute approximate surface area is 140 Å². The molecular formula is C17H23F2N3O2. The van der Waals surface area contributed by atoms with Crippen LogP contribution in [0.1, 0.15) is 26.7 Å². The molecule has 2 rings (SSSR count). The lowest BCUT2D eigenvalue weighted by Crippen LogP contribution is -2.45. The van der Waals surface area contributed by atoms with Crippen molar-refractivity contribution < 1.29 is 18.4 Å².